The molecule has 0 aliphatic rings. The van der Waals surface area contributed by atoms with Crippen LogP contribution in [0.2, 0.25) is 0 Å². The smallest absolute Gasteiger partial charge is 0.248 e. The zero-order valence-corrected chi connectivity index (χ0v) is 20.8. The highest BCUT2D eigenvalue weighted by Crippen LogP contribution is 2.27. The fourth-order valence-electron chi connectivity index (χ4n) is 4.50. The predicted octanol–water partition coefficient (Wildman–Crippen LogP) is 6.11. The highest BCUT2D eigenvalue weighted by molar-refractivity contribution is 5.92. The molecule has 36 heavy (non-hydrogen) atoms. The van der Waals surface area contributed by atoms with Crippen molar-refractivity contribution in [3.8, 4) is 5.75 Å². The summed E-state index contributed by atoms with van der Waals surface area (Å²) in [5.41, 5.74) is 10.7. The topological polar surface area (TPSA) is 64.3 Å². The molecule has 4 nitrogen and oxygen atoms in total. The number of nitrogens with one attached hydrogen (secondary N) is 1. The van der Waals surface area contributed by atoms with Crippen molar-refractivity contribution in [1.82, 2.24) is 5.32 Å². The normalized spacial score (nSPS) is 11.8. The molecule has 0 bridgehead atoms. The van der Waals surface area contributed by atoms with Gasteiger partial charge >= 0.3 is 0 Å². The molecule has 0 spiro atoms. The first-order chi connectivity index (χ1) is 17.6. The van der Waals surface area contributed by atoms with Crippen LogP contribution in [-0.4, -0.2) is 18.5 Å². The maximum Gasteiger partial charge on any atom is 0.248 e. The van der Waals surface area contributed by atoms with Crippen molar-refractivity contribution < 1.29 is 9.53 Å². The summed E-state index contributed by atoms with van der Waals surface area (Å²) in [6.07, 6.45) is 1.99. The van der Waals surface area contributed by atoms with E-state index in [4.69, 9.17) is 10.5 Å². The van der Waals surface area contributed by atoms with E-state index in [-0.39, 0.29) is 0 Å². The highest BCUT2D eigenvalue weighted by Gasteiger charge is 2.14. The van der Waals surface area contributed by atoms with E-state index in [9.17, 15) is 4.79 Å². The number of benzene rings is 4. The van der Waals surface area contributed by atoms with Crippen molar-refractivity contribution in [1.29, 1.82) is 0 Å². The molecule has 0 aliphatic heterocycles. The van der Waals surface area contributed by atoms with Crippen LogP contribution in [0.4, 0.5) is 0 Å². The van der Waals surface area contributed by atoms with Gasteiger partial charge in [0.25, 0.3) is 0 Å². The van der Waals surface area contributed by atoms with Gasteiger partial charge in [0.15, 0.2) is 0 Å². The van der Waals surface area contributed by atoms with Crippen molar-refractivity contribution in [3.63, 3.8) is 0 Å². The van der Waals surface area contributed by atoms with Gasteiger partial charge in [0.05, 0.1) is 0 Å². The van der Waals surface area contributed by atoms with Crippen molar-refractivity contribution >= 4 is 5.91 Å². The SMILES string of the molecule is CC(Cc1ccc(OCc2cccc(C(N)=O)c2)cc1)NCCC(c1ccccc1)c1ccccc1. The summed E-state index contributed by atoms with van der Waals surface area (Å²) >= 11 is 0. The van der Waals surface area contributed by atoms with Gasteiger partial charge in [-0.15, -0.1) is 0 Å². The maximum absolute atomic E-state index is 11.4. The zero-order chi connectivity index (χ0) is 25.2. The van der Waals surface area contributed by atoms with Gasteiger partial charge in [-0.2, -0.15) is 0 Å². The van der Waals surface area contributed by atoms with Crippen molar-refractivity contribution in [3.05, 3.63) is 137 Å². The minimum Gasteiger partial charge on any atom is -0.489 e. The third kappa shape index (κ3) is 7.30. The van der Waals surface area contributed by atoms with Crippen molar-refractivity contribution in [2.75, 3.05) is 6.54 Å². The van der Waals surface area contributed by atoms with Crippen molar-refractivity contribution in [2.45, 2.75) is 38.3 Å². The van der Waals surface area contributed by atoms with Gasteiger partial charge in [-0.1, -0.05) is 84.9 Å². The lowest BCUT2D eigenvalue weighted by Crippen LogP contribution is -2.30. The van der Waals surface area contributed by atoms with E-state index in [0.717, 1.165) is 30.7 Å². The number of ether oxygens (including phenoxy) is 1. The Morgan fingerprint density at radius 3 is 2.06 bits per heavy atom. The molecule has 1 atom stereocenters. The van der Waals surface area contributed by atoms with E-state index in [1.165, 1.54) is 16.7 Å². The maximum atomic E-state index is 11.4. The molecule has 0 radical (unpaired) electrons. The van der Waals surface area contributed by atoms with Crippen LogP contribution in [0.5, 0.6) is 5.75 Å². The minimum absolute atomic E-state index is 0.362. The molecule has 0 aliphatic carbocycles. The van der Waals surface area contributed by atoms with E-state index >= 15 is 0 Å². The molecule has 3 N–H and O–H groups in total. The van der Waals surface area contributed by atoms with E-state index in [0.29, 0.717) is 24.1 Å². The monoisotopic (exact) mass is 478 g/mol. The molecule has 184 valence electrons. The fraction of sp³-hybridized carbons (Fsp3) is 0.219. The summed E-state index contributed by atoms with van der Waals surface area (Å²) < 4.78 is 5.89. The van der Waals surface area contributed by atoms with E-state index in [1.807, 2.05) is 24.3 Å². The lowest BCUT2D eigenvalue weighted by atomic mass is 9.88. The van der Waals surface area contributed by atoms with Crippen molar-refractivity contribution in [2.24, 2.45) is 5.73 Å². The first-order valence-electron chi connectivity index (χ1n) is 12.5. The van der Waals surface area contributed by atoms with Gasteiger partial charge < -0.3 is 15.8 Å². The quantitative estimate of drug-likeness (QED) is 0.258. The molecule has 0 fully saturated rings. The summed E-state index contributed by atoms with van der Waals surface area (Å²) in [6, 6.07) is 37.3. The van der Waals surface area contributed by atoms with Crippen LogP contribution < -0.4 is 15.8 Å². The van der Waals surface area contributed by atoms with E-state index < -0.39 is 5.91 Å². The standard InChI is InChI=1S/C32H34N2O2/c1-24(34-20-19-31(27-10-4-2-5-11-27)28-12-6-3-7-13-28)21-25-15-17-30(18-16-25)36-23-26-9-8-14-29(22-26)32(33)35/h2-18,22,24,31,34H,19-21,23H2,1H3,(H2,33,35). The molecular weight excluding hydrogens is 444 g/mol. The zero-order valence-electron chi connectivity index (χ0n) is 20.8. The number of carbonyl (C=O) groups excluding carboxylic acids is 1. The summed E-state index contributed by atoms with van der Waals surface area (Å²) in [7, 11) is 0. The number of hydrogen-bond donors (Lipinski definition) is 2. The van der Waals surface area contributed by atoms with Crippen LogP contribution in [0.25, 0.3) is 0 Å². The second kappa shape index (κ2) is 12.7. The molecule has 4 aromatic carbocycles. The van der Waals surface area contributed by atoms with Crippen LogP contribution in [0, 0.1) is 0 Å². The number of amides is 1. The Hall–Kier alpha value is -3.89. The summed E-state index contributed by atoms with van der Waals surface area (Å²) in [6.45, 7) is 3.57. The van der Waals surface area contributed by atoms with Gasteiger partial charge in [-0.25, -0.2) is 0 Å². The lowest BCUT2D eigenvalue weighted by molar-refractivity contribution is 0.1000. The van der Waals surface area contributed by atoms with Gasteiger partial charge in [0, 0.05) is 17.5 Å². The van der Waals surface area contributed by atoms with Gasteiger partial charge in [-0.3, -0.25) is 4.79 Å². The predicted molar refractivity (Wildman–Crippen MR) is 146 cm³/mol. The Labute approximate surface area is 214 Å². The Morgan fingerprint density at radius 1 is 0.806 bits per heavy atom. The average molecular weight is 479 g/mol. The Bertz CT molecular complexity index is 1180. The highest BCUT2D eigenvalue weighted by atomic mass is 16.5. The molecular formula is C32H34N2O2. The molecule has 1 unspecified atom stereocenters. The number of hydrogen-bond acceptors (Lipinski definition) is 3. The molecule has 0 saturated carbocycles. The van der Waals surface area contributed by atoms with Gasteiger partial charge in [0.2, 0.25) is 5.91 Å². The third-order valence-electron chi connectivity index (χ3n) is 6.41. The second-order valence-electron chi connectivity index (χ2n) is 9.22. The average Bonchev–Trinajstić information content (AvgIpc) is 2.92. The van der Waals surface area contributed by atoms with E-state index in [1.54, 1.807) is 12.1 Å². The summed E-state index contributed by atoms with van der Waals surface area (Å²) in [4.78, 5) is 11.4. The minimum atomic E-state index is -0.431. The lowest BCUT2D eigenvalue weighted by Gasteiger charge is -2.20. The number of primary amides is 1. The Kier molecular flexibility index (Phi) is 8.90. The number of nitrogens with two attached hydrogens (primary N) is 1. The molecule has 4 aromatic rings. The summed E-state index contributed by atoms with van der Waals surface area (Å²) in [5.74, 6) is 0.754. The Morgan fingerprint density at radius 2 is 1.44 bits per heavy atom. The molecule has 0 saturated heterocycles. The summed E-state index contributed by atoms with van der Waals surface area (Å²) in [5, 5.41) is 3.71. The van der Waals surface area contributed by atoms with Crippen LogP contribution >= 0.6 is 0 Å². The molecule has 4 rings (SSSR count). The second-order valence-corrected chi connectivity index (χ2v) is 9.22. The first-order valence-corrected chi connectivity index (χ1v) is 12.5. The van der Waals surface area contributed by atoms with Crippen LogP contribution in [0.1, 0.15) is 51.9 Å². The van der Waals surface area contributed by atoms with E-state index in [2.05, 4.69) is 85.0 Å². The van der Waals surface area contributed by atoms with Gasteiger partial charge in [0.1, 0.15) is 12.4 Å². The third-order valence-corrected chi connectivity index (χ3v) is 6.41. The number of carbonyl (C=O) groups is 1. The Balaban J connectivity index is 1.26. The molecule has 4 heteroatoms. The molecule has 1 amide bonds. The van der Waals surface area contributed by atoms with Crippen LogP contribution in [-0.2, 0) is 13.0 Å². The fourth-order valence-corrected chi connectivity index (χ4v) is 4.50. The molecule has 0 heterocycles. The van der Waals surface area contributed by atoms with Crippen LogP contribution in [0.3, 0.4) is 0 Å². The van der Waals surface area contributed by atoms with Gasteiger partial charge in [-0.05, 0) is 72.8 Å². The largest absolute Gasteiger partial charge is 0.489 e. The molecule has 0 aromatic heterocycles. The first kappa shape index (κ1) is 25.2. The number of rotatable bonds is 12. The van der Waals surface area contributed by atoms with Crippen LogP contribution in [0.15, 0.2) is 109 Å².